The van der Waals surface area contributed by atoms with Gasteiger partial charge in [0, 0.05) is 28.6 Å². The Hall–Kier alpha value is -4.02. The molecule has 0 fully saturated rings. The van der Waals surface area contributed by atoms with Gasteiger partial charge in [0.15, 0.2) is 10.4 Å². The Morgan fingerprint density at radius 3 is 2.62 bits per heavy atom. The van der Waals surface area contributed by atoms with Crippen LogP contribution in [0.1, 0.15) is 18.7 Å². The fourth-order valence-corrected chi connectivity index (χ4v) is 4.72. The summed E-state index contributed by atoms with van der Waals surface area (Å²) in [4.78, 5) is 32.3. The second kappa shape index (κ2) is 7.59. The van der Waals surface area contributed by atoms with Crippen molar-refractivity contribution in [1.29, 1.82) is 5.26 Å². The van der Waals surface area contributed by atoms with Gasteiger partial charge in [0.1, 0.15) is 11.6 Å². The van der Waals surface area contributed by atoms with Crippen molar-refractivity contribution in [2.24, 2.45) is 0 Å². The molecule has 0 unspecified atom stereocenters. The van der Waals surface area contributed by atoms with Crippen LogP contribution in [0.25, 0.3) is 38.7 Å². The number of hydrogen-bond donors (Lipinski definition) is 0. The van der Waals surface area contributed by atoms with Crippen molar-refractivity contribution >= 4 is 50.4 Å². The Bertz CT molecular complexity index is 1500. The average molecular weight is 439 g/mol. The number of amides is 2. The molecule has 1 aliphatic rings. The summed E-state index contributed by atoms with van der Waals surface area (Å²) in [6.07, 6.45) is 1.70. The highest BCUT2D eigenvalue weighted by atomic mass is 32.1. The molecule has 0 N–H and O–H groups in total. The number of aromatic nitrogens is 1. The second-order valence-corrected chi connectivity index (χ2v) is 8.49. The molecule has 6 nitrogen and oxygen atoms in total. The lowest BCUT2D eigenvalue weighted by molar-refractivity contribution is -0.140. The summed E-state index contributed by atoms with van der Waals surface area (Å²) in [6, 6.07) is 17.9. The zero-order chi connectivity index (χ0) is 22.4. The van der Waals surface area contributed by atoms with Gasteiger partial charge in [-0.15, -0.1) is 11.3 Å². The van der Waals surface area contributed by atoms with E-state index >= 15 is 0 Å². The standard InChI is InChI=1S/C25H17N3O3S/c1-3-28-24(29)19(14(2)20(13-26)25(28)30)11-18-12-21-23(32-18)27-22(31-21)17-9-8-15-6-4-5-7-16(15)10-17/h4-12H,3H2,1-2H3/b19-11-. The number of imide groups is 1. The molecule has 0 radical (unpaired) electrons. The predicted octanol–water partition coefficient (Wildman–Crippen LogP) is 5.32. The first kappa shape index (κ1) is 19.9. The molecule has 156 valence electrons. The van der Waals surface area contributed by atoms with Gasteiger partial charge in [0.05, 0.1) is 0 Å². The van der Waals surface area contributed by atoms with Gasteiger partial charge in [-0.1, -0.05) is 30.3 Å². The van der Waals surface area contributed by atoms with E-state index in [0.29, 0.717) is 27.5 Å². The number of likely N-dealkylation sites (N-methyl/N-ethyl adjacent to an activating group) is 1. The van der Waals surface area contributed by atoms with Gasteiger partial charge >= 0.3 is 0 Å². The highest BCUT2D eigenvalue weighted by molar-refractivity contribution is 7.19. The molecule has 4 aromatic rings. The van der Waals surface area contributed by atoms with E-state index in [9.17, 15) is 14.9 Å². The molecule has 0 aliphatic carbocycles. The zero-order valence-electron chi connectivity index (χ0n) is 17.4. The monoisotopic (exact) mass is 439 g/mol. The van der Waals surface area contributed by atoms with Crippen LogP contribution in [-0.4, -0.2) is 28.2 Å². The number of carbonyl (C=O) groups is 2. The summed E-state index contributed by atoms with van der Waals surface area (Å²) in [5.41, 5.74) is 2.24. The minimum Gasteiger partial charge on any atom is -0.435 e. The third-order valence-electron chi connectivity index (χ3n) is 5.53. The molecule has 32 heavy (non-hydrogen) atoms. The molecule has 5 rings (SSSR count). The van der Waals surface area contributed by atoms with Crippen LogP contribution < -0.4 is 0 Å². The fourth-order valence-electron chi connectivity index (χ4n) is 3.83. The molecule has 0 spiro atoms. The largest absolute Gasteiger partial charge is 0.435 e. The fraction of sp³-hybridized carbons (Fsp3) is 0.120. The van der Waals surface area contributed by atoms with Gasteiger partial charge < -0.3 is 4.42 Å². The van der Waals surface area contributed by atoms with Crippen LogP contribution in [0.5, 0.6) is 0 Å². The summed E-state index contributed by atoms with van der Waals surface area (Å²) in [7, 11) is 0. The first-order valence-corrected chi connectivity index (χ1v) is 10.9. The molecule has 0 bridgehead atoms. The maximum atomic E-state index is 12.8. The van der Waals surface area contributed by atoms with E-state index in [1.54, 1.807) is 19.9 Å². The van der Waals surface area contributed by atoms with Crippen LogP contribution in [-0.2, 0) is 9.59 Å². The zero-order valence-corrected chi connectivity index (χ0v) is 18.2. The minimum atomic E-state index is -0.545. The molecule has 0 atom stereocenters. The van der Waals surface area contributed by atoms with Crippen molar-refractivity contribution in [2.75, 3.05) is 6.54 Å². The molecule has 2 aromatic heterocycles. The van der Waals surface area contributed by atoms with E-state index in [1.165, 1.54) is 11.3 Å². The minimum absolute atomic E-state index is 0.00495. The lowest BCUT2D eigenvalue weighted by atomic mass is 9.95. The number of thiophene rings is 1. The molecule has 0 saturated heterocycles. The van der Waals surface area contributed by atoms with Crippen LogP contribution in [0.2, 0.25) is 0 Å². The van der Waals surface area contributed by atoms with Gasteiger partial charge in [0.2, 0.25) is 5.89 Å². The number of carbonyl (C=O) groups excluding carboxylic acids is 2. The SMILES string of the molecule is CCN1C(=O)C(C#N)=C(C)/C(=C/c2cc3oc(-c4ccc5ccccc5c4)nc3s2)C1=O. The van der Waals surface area contributed by atoms with E-state index in [4.69, 9.17) is 4.42 Å². The van der Waals surface area contributed by atoms with E-state index in [0.717, 1.165) is 26.1 Å². The molecule has 0 saturated carbocycles. The van der Waals surface area contributed by atoms with E-state index < -0.39 is 11.8 Å². The first-order chi connectivity index (χ1) is 15.5. The number of benzene rings is 2. The van der Waals surface area contributed by atoms with Crippen LogP contribution >= 0.6 is 11.3 Å². The summed E-state index contributed by atoms with van der Waals surface area (Å²) in [5.74, 6) is -0.407. The highest BCUT2D eigenvalue weighted by Gasteiger charge is 2.34. The number of nitriles is 1. The molecular formula is C25H17N3O3S. The molecule has 2 aromatic carbocycles. The number of rotatable bonds is 3. The molecule has 7 heteroatoms. The van der Waals surface area contributed by atoms with Gasteiger partial charge in [-0.2, -0.15) is 10.2 Å². The number of hydrogen-bond acceptors (Lipinski definition) is 6. The van der Waals surface area contributed by atoms with Crippen molar-refractivity contribution in [2.45, 2.75) is 13.8 Å². The topological polar surface area (TPSA) is 87.2 Å². The Kier molecular flexibility index (Phi) is 4.72. The Morgan fingerprint density at radius 1 is 1.12 bits per heavy atom. The third-order valence-corrected chi connectivity index (χ3v) is 6.49. The first-order valence-electron chi connectivity index (χ1n) is 10.1. The molecule has 1 aliphatic heterocycles. The average Bonchev–Trinajstić information content (AvgIpc) is 3.36. The van der Waals surface area contributed by atoms with E-state index in [2.05, 4.69) is 11.1 Å². The van der Waals surface area contributed by atoms with E-state index in [1.807, 2.05) is 48.5 Å². The maximum Gasteiger partial charge on any atom is 0.271 e. The van der Waals surface area contributed by atoms with Crippen molar-refractivity contribution < 1.29 is 14.0 Å². The lowest BCUT2D eigenvalue weighted by Crippen LogP contribution is -2.42. The summed E-state index contributed by atoms with van der Waals surface area (Å²) in [5, 5.41) is 11.6. The van der Waals surface area contributed by atoms with E-state index in [-0.39, 0.29) is 12.1 Å². The Balaban J connectivity index is 1.53. The quantitative estimate of drug-likeness (QED) is 0.318. The van der Waals surface area contributed by atoms with Crippen molar-refractivity contribution in [1.82, 2.24) is 9.88 Å². The van der Waals surface area contributed by atoms with Crippen LogP contribution in [0.15, 0.2) is 69.7 Å². The number of nitrogens with zero attached hydrogens (tertiary/aromatic N) is 3. The normalized spacial score (nSPS) is 15.9. The van der Waals surface area contributed by atoms with Gasteiger partial charge in [-0.05, 0) is 48.4 Å². The smallest absolute Gasteiger partial charge is 0.271 e. The molecular weight excluding hydrogens is 422 g/mol. The Labute approximate surface area is 187 Å². The summed E-state index contributed by atoms with van der Waals surface area (Å²) >= 11 is 1.39. The lowest BCUT2D eigenvalue weighted by Gasteiger charge is -2.26. The second-order valence-electron chi connectivity index (χ2n) is 7.42. The number of oxazole rings is 1. The van der Waals surface area contributed by atoms with Gasteiger partial charge in [0.25, 0.3) is 11.8 Å². The number of fused-ring (bicyclic) bond motifs is 2. The van der Waals surface area contributed by atoms with Crippen molar-refractivity contribution in [3.8, 4) is 17.5 Å². The molecule has 3 heterocycles. The van der Waals surface area contributed by atoms with Crippen molar-refractivity contribution in [3.63, 3.8) is 0 Å². The third kappa shape index (κ3) is 3.13. The predicted molar refractivity (Wildman–Crippen MR) is 124 cm³/mol. The highest BCUT2D eigenvalue weighted by Crippen LogP contribution is 2.34. The van der Waals surface area contributed by atoms with Crippen LogP contribution in [0.3, 0.4) is 0 Å². The summed E-state index contributed by atoms with van der Waals surface area (Å²) < 4.78 is 5.98. The summed E-state index contributed by atoms with van der Waals surface area (Å²) in [6.45, 7) is 3.54. The van der Waals surface area contributed by atoms with Gasteiger partial charge in [-0.3, -0.25) is 14.5 Å². The van der Waals surface area contributed by atoms with Crippen molar-refractivity contribution in [3.05, 3.63) is 70.1 Å². The Morgan fingerprint density at radius 2 is 1.91 bits per heavy atom. The van der Waals surface area contributed by atoms with Crippen LogP contribution in [0, 0.1) is 11.3 Å². The van der Waals surface area contributed by atoms with Gasteiger partial charge in [-0.25, -0.2) is 0 Å². The maximum absolute atomic E-state index is 12.8. The molecule has 2 amide bonds. The van der Waals surface area contributed by atoms with Crippen LogP contribution in [0.4, 0.5) is 0 Å².